The number of nitrogens with two attached hydrogens (primary N) is 1. The first-order chi connectivity index (χ1) is 4.57. The van der Waals surface area contributed by atoms with Gasteiger partial charge in [-0.1, -0.05) is 6.58 Å². The van der Waals surface area contributed by atoms with Gasteiger partial charge in [-0.2, -0.15) is 0 Å². The van der Waals surface area contributed by atoms with Gasteiger partial charge in [-0.3, -0.25) is 9.59 Å². The number of hydrogen-bond donors (Lipinski definition) is 2. The highest BCUT2D eigenvalue weighted by Gasteiger charge is 2.12. The Hall–Kier alpha value is -1.16. The molecule has 0 spiro atoms. The molecule has 0 aliphatic carbocycles. The van der Waals surface area contributed by atoms with Gasteiger partial charge in [0.15, 0.2) is 5.78 Å². The van der Waals surface area contributed by atoms with Crippen LogP contribution in [0.5, 0.6) is 0 Å². The minimum Gasteiger partial charge on any atom is -0.481 e. The van der Waals surface area contributed by atoms with Gasteiger partial charge in [-0.25, -0.2) is 0 Å². The van der Waals surface area contributed by atoms with Gasteiger partial charge < -0.3 is 10.8 Å². The SMILES string of the molecule is C=CC(=O)C(N)CC(=O)O. The minimum absolute atomic E-state index is 0.342. The van der Waals surface area contributed by atoms with E-state index in [-0.39, 0.29) is 6.42 Å². The molecule has 0 aromatic heterocycles. The summed E-state index contributed by atoms with van der Waals surface area (Å²) >= 11 is 0. The van der Waals surface area contributed by atoms with Crippen LogP contribution in [0.15, 0.2) is 12.7 Å². The number of rotatable bonds is 4. The molecular formula is C6H9NO3. The van der Waals surface area contributed by atoms with Gasteiger partial charge in [0.1, 0.15) is 0 Å². The largest absolute Gasteiger partial charge is 0.481 e. The fourth-order valence-corrected chi connectivity index (χ4v) is 0.440. The molecule has 0 aliphatic rings. The lowest BCUT2D eigenvalue weighted by molar-refractivity contribution is -0.138. The summed E-state index contributed by atoms with van der Waals surface area (Å²) in [7, 11) is 0. The molecule has 0 rings (SSSR count). The van der Waals surface area contributed by atoms with E-state index >= 15 is 0 Å². The molecule has 4 nitrogen and oxygen atoms in total. The molecule has 0 saturated carbocycles. The standard InChI is InChI=1S/C6H9NO3/c1-2-5(8)4(7)3-6(9)10/h2,4H,1,3,7H2,(H,9,10). The molecule has 0 amide bonds. The Balaban J connectivity index is 3.84. The zero-order valence-electron chi connectivity index (χ0n) is 5.41. The van der Waals surface area contributed by atoms with Crippen molar-refractivity contribution in [2.24, 2.45) is 5.73 Å². The smallest absolute Gasteiger partial charge is 0.305 e. The van der Waals surface area contributed by atoms with Crippen LogP contribution in [0.3, 0.4) is 0 Å². The summed E-state index contributed by atoms with van der Waals surface area (Å²) in [5, 5.41) is 8.16. The summed E-state index contributed by atoms with van der Waals surface area (Å²) in [5.74, 6) is -1.52. The average molecular weight is 143 g/mol. The molecule has 56 valence electrons. The molecule has 1 unspecified atom stereocenters. The first-order valence-corrected chi connectivity index (χ1v) is 2.71. The van der Waals surface area contributed by atoms with E-state index in [4.69, 9.17) is 10.8 Å². The molecule has 0 aromatic carbocycles. The van der Waals surface area contributed by atoms with Crippen LogP contribution in [0, 0.1) is 0 Å². The molecule has 0 bridgehead atoms. The Kier molecular flexibility index (Phi) is 3.35. The number of carbonyl (C=O) groups is 2. The van der Waals surface area contributed by atoms with Crippen molar-refractivity contribution < 1.29 is 14.7 Å². The zero-order valence-corrected chi connectivity index (χ0v) is 5.41. The van der Waals surface area contributed by atoms with Crippen molar-refractivity contribution in [2.75, 3.05) is 0 Å². The maximum absolute atomic E-state index is 10.5. The van der Waals surface area contributed by atoms with Crippen LogP contribution >= 0.6 is 0 Å². The topological polar surface area (TPSA) is 80.4 Å². The van der Waals surface area contributed by atoms with Gasteiger partial charge >= 0.3 is 5.97 Å². The van der Waals surface area contributed by atoms with Crippen LogP contribution in [0.1, 0.15) is 6.42 Å². The van der Waals surface area contributed by atoms with E-state index in [0.29, 0.717) is 0 Å². The number of carboxylic acid groups (broad SMARTS) is 1. The summed E-state index contributed by atoms with van der Waals surface area (Å²) in [6.07, 6.45) is 0.679. The highest BCUT2D eigenvalue weighted by Crippen LogP contribution is 1.89. The molecule has 0 heterocycles. The summed E-state index contributed by atoms with van der Waals surface area (Å²) < 4.78 is 0. The Labute approximate surface area is 58.3 Å². The predicted octanol–water partition coefficient (Wildman–Crippen LogP) is -0.457. The Morgan fingerprint density at radius 3 is 2.50 bits per heavy atom. The molecular weight excluding hydrogens is 134 g/mol. The van der Waals surface area contributed by atoms with Gasteiger partial charge in [0.05, 0.1) is 12.5 Å². The second-order valence-electron chi connectivity index (χ2n) is 1.81. The Morgan fingerprint density at radius 2 is 2.20 bits per heavy atom. The summed E-state index contributed by atoms with van der Waals surface area (Å²) in [6, 6.07) is -0.949. The lowest BCUT2D eigenvalue weighted by Crippen LogP contribution is -2.31. The lowest BCUT2D eigenvalue weighted by atomic mass is 10.1. The van der Waals surface area contributed by atoms with Crippen molar-refractivity contribution in [3.63, 3.8) is 0 Å². The van der Waals surface area contributed by atoms with E-state index in [2.05, 4.69) is 6.58 Å². The highest BCUT2D eigenvalue weighted by atomic mass is 16.4. The van der Waals surface area contributed by atoms with Crippen molar-refractivity contribution in [2.45, 2.75) is 12.5 Å². The predicted molar refractivity (Wildman–Crippen MR) is 35.4 cm³/mol. The molecule has 4 heteroatoms. The number of carbonyl (C=O) groups excluding carboxylic acids is 1. The van der Waals surface area contributed by atoms with Crippen molar-refractivity contribution in [3.05, 3.63) is 12.7 Å². The van der Waals surface area contributed by atoms with Gasteiger partial charge in [0.25, 0.3) is 0 Å². The first-order valence-electron chi connectivity index (χ1n) is 2.71. The van der Waals surface area contributed by atoms with E-state index in [1.54, 1.807) is 0 Å². The second kappa shape index (κ2) is 3.79. The van der Waals surface area contributed by atoms with E-state index in [1.807, 2.05) is 0 Å². The molecule has 1 atom stereocenters. The maximum Gasteiger partial charge on any atom is 0.305 e. The average Bonchev–Trinajstić information content (AvgIpc) is 1.85. The van der Waals surface area contributed by atoms with Gasteiger partial charge in [-0.15, -0.1) is 0 Å². The monoisotopic (exact) mass is 143 g/mol. The lowest BCUT2D eigenvalue weighted by Gasteiger charge is -2.01. The Morgan fingerprint density at radius 1 is 1.70 bits per heavy atom. The van der Waals surface area contributed by atoms with Crippen molar-refractivity contribution in [1.82, 2.24) is 0 Å². The molecule has 0 radical (unpaired) electrons. The van der Waals surface area contributed by atoms with E-state index < -0.39 is 17.8 Å². The quantitative estimate of drug-likeness (QED) is 0.522. The summed E-state index contributed by atoms with van der Waals surface area (Å²) in [4.78, 5) is 20.5. The molecule has 0 saturated heterocycles. The summed E-state index contributed by atoms with van der Waals surface area (Å²) in [5.41, 5.74) is 5.13. The van der Waals surface area contributed by atoms with Crippen LogP contribution in [0.2, 0.25) is 0 Å². The number of hydrogen-bond acceptors (Lipinski definition) is 3. The third kappa shape index (κ3) is 2.99. The highest BCUT2D eigenvalue weighted by molar-refractivity contribution is 5.95. The summed E-state index contributed by atoms with van der Waals surface area (Å²) in [6.45, 7) is 3.17. The van der Waals surface area contributed by atoms with E-state index in [0.717, 1.165) is 6.08 Å². The van der Waals surface area contributed by atoms with Crippen LogP contribution in [-0.4, -0.2) is 22.9 Å². The minimum atomic E-state index is -1.08. The molecule has 0 fully saturated rings. The van der Waals surface area contributed by atoms with Crippen molar-refractivity contribution in [3.8, 4) is 0 Å². The second-order valence-corrected chi connectivity index (χ2v) is 1.81. The fraction of sp³-hybridized carbons (Fsp3) is 0.333. The van der Waals surface area contributed by atoms with Crippen LogP contribution in [0.4, 0.5) is 0 Å². The number of aliphatic carboxylic acids is 1. The van der Waals surface area contributed by atoms with Gasteiger partial charge in [-0.05, 0) is 6.08 Å². The number of ketones is 1. The molecule has 10 heavy (non-hydrogen) atoms. The van der Waals surface area contributed by atoms with Crippen LogP contribution < -0.4 is 5.73 Å². The van der Waals surface area contributed by atoms with Crippen LogP contribution in [0.25, 0.3) is 0 Å². The van der Waals surface area contributed by atoms with Crippen molar-refractivity contribution in [1.29, 1.82) is 0 Å². The third-order valence-corrected chi connectivity index (χ3v) is 0.961. The first kappa shape index (κ1) is 8.84. The zero-order chi connectivity index (χ0) is 8.15. The van der Waals surface area contributed by atoms with Gasteiger partial charge in [0, 0.05) is 0 Å². The van der Waals surface area contributed by atoms with Gasteiger partial charge in [0.2, 0.25) is 0 Å². The normalized spacial score (nSPS) is 12.1. The molecule has 0 aromatic rings. The third-order valence-electron chi connectivity index (χ3n) is 0.961. The maximum atomic E-state index is 10.5. The van der Waals surface area contributed by atoms with E-state index in [1.165, 1.54) is 0 Å². The Bertz CT molecular complexity index is 164. The molecule has 3 N–H and O–H groups in total. The van der Waals surface area contributed by atoms with Crippen molar-refractivity contribution >= 4 is 11.8 Å². The van der Waals surface area contributed by atoms with Crippen LogP contribution in [-0.2, 0) is 9.59 Å². The van der Waals surface area contributed by atoms with E-state index in [9.17, 15) is 9.59 Å². The fourth-order valence-electron chi connectivity index (χ4n) is 0.440. The number of carboxylic acids is 1. The molecule has 0 aliphatic heterocycles.